The first kappa shape index (κ1) is 16.2. The maximum absolute atomic E-state index is 12.9. The topological polar surface area (TPSA) is 60.2 Å². The fourth-order valence-corrected chi connectivity index (χ4v) is 5.57. The number of aryl methyl sites for hydroxylation is 2. The van der Waals surface area contributed by atoms with Gasteiger partial charge in [0.15, 0.2) is 9.84 Å². The van der Waals surface area contributed by atoms with Gasteiger partial charge in [-0.3, -0.25) is 0 Å². The van der Waals surface area contributed by atoms with Gasteiger partial charge in [0.1, 0.15) is 0 Å². The SMILES string of the molecule is CCc1ccc([C@@H]2[C@H](CN)[C@H]2S(=O)(=O)c2ccc(C)cc2)cc1. The number of hydrogen-bond acceptors (Lipinski definition) is 3. The van der Waals surface area contributed by atoms with Crippen molar-refractivity contribution in [2.45, 2.75) is 36.3 Å². The summed E-state index contributed by atoms with van der Waals surface area (Å²) in [6.45, 7) is 4.46. The first-order valence-electron chi connectivity index (χ1n) is 8.08. The van der Waals surface area contributed by atoms with Gasteiger partial charge in [0.2, 0.25) is 0 Å². The first-order chi connectivity index (χ1) is 11.0. The summed E-state index contributed by atoms with van der Waals surface area (Å²) in [6, 6.07) is 15.4. The smallest absolute Gasteiger partial charge is 0.182 e. The molecule has 1 aliphatic rings. The Kier molecular flexibility index (Phi) is 4.30. The van der Waals surface area contributed by atoms with E-state index in [1.807, 2.05) is 19.1 Å². The highest BCUT2D eigenvalue weighted by molar-refractivity contribution is 7.92. The van der Waals surface area contributed by atoms with Gasteiger partial charge in [0, 0.05) is 5.92 Å². The van der Waals surface area contributed by atoms with Gasteiger partial charge in [0.05, 0.1) is 10.1 Å². The van der Waals surface area contributed by atoms with Crippen molar-refractivity contribution in [3.8, 4) is 0 Å². The van der Waals surface area contributed by atoms with Crippen molar-refractivity contribution >= 4 is 9.84 Å². The molecule has 2 aromatic carbocycles. The molecule has 0 heterocycles. The van der Waals surface area contributed by atoms with Crippen LogP contribution in [0.5, 0.6) is 0 Å². The number of sulfone groups is 1. The molecule has 2 aromatic rings. The minimum absolute atomic E-state index is 0.00813. The maximum atomic E-state index is 12.9. The third kappa shape index (κ3) is 2.93. The van der Waals surface area contributed by atoms with Crippen LogP contribution in [-0.4, -0.2) is 20.2 Å². The van der Waals surface area contributed by atoms with Crippen molar-refractivity contribution in [3.05, 3.63) is 65.2 Å². The molecule has 4 heteroatoms. The van der Waals surface area contributed by atoms with Crippen molar-refractivity contribution in [1.29, 1.82) is 0 Å². The Hall–Kier alpha value is -1.65. The van der Waals surface area contributed by atoms with Crippen LogP contribution in [0.3, 0.4) is 0 Å². The number of rotatable bonds is 5. The molecule has 3 nitrogen and oxygen atoms in total. The molecule has 0 aliphatic heterocycles. The average Bonchev–Trinajstić information content (AvgIpc) is 3.31. The number of nitrogens with two attached hydrogens (primary N) is 1. The molecule has 0 radical (unpaired) electrons. The maximum Gasteiger partial charge on any atom is 0.182 e. The highest BCUT2D eigenvalue weighted by Crippen LogP contribution is 2.53. The summed E-state index contributed by atoms with van der Waals surface area (Å²) in [5.74, 6) is 0.0194. The van der Waals surface area contributed by atoms with Crippen LogP contribution in [0.2, 0.25) is 0 Å². The molecule has 1 saturated carbocycles. The summed E-state index contributed by atoms with van der Waals surface area (Å²) in [7, 11) is -3.34. The molecule has 0 spiro atoms. The van der Waals surface area contributed by atoms with E-state index in [0.29, 0.717) is 11.4 Å². The van der Waals surface area contributed by atoms with Gasteiger partial charge in [-0.05, 0) is 49.1 Å². The van der Waals surface area contributed by atoms with Crippen LogP contribution in [0, 0.1) is 12.8 Å². The molecule has 122 valence electrons. The Bertz CT molecular complexity index is 779. The van der Waals surface area contributed by atoms with Gasteiger partial charge in [-0.25, -0.2) is 8.42 Å². The highest BCUT2D eigenvalue weighted by atomic mass is 32.2. The first-order valence-corrected chi connectivity index (χ1v) is 9.63. The molecule has 2 N–H and O–H groups in total. The second-order valence-corrected chi connectivity index (χ2v) is 8.45. The van der Waals surface area contributed by atoms with Crippen molar-refractivity contribution in [3.63, 3.8) is 0 Å². The molecule has 1 fully saturated rings. The van der Waals surface area contributed by atoms with E-state index in [9.17, 15) is 8.42 Å². The zero-order chi connectivity index (χ0) is 16.6. The van der Waals surface area contributed by atoms with E-state index in [-0.39, 0.29) is 11.8 Å². The van der Waals surface area contributed by atoms with Gasteiger partial charge < -0.3 is 5.73 Å². The molecular weight excluding hydrogens is 306 g/mol. The standard InChI is InChI=1S/C19H23NO2S/c1-3-14-6-8-15(9-7-14)18-17(12-20)19(18)23(21,22)16-10-4-13(2)5-11-16/h4-11,17-19H,3,12,20H2,1-2H3/t17-,18+,19+/m0/s1. The Morgan fingerprint density at radius 2 is 1.61 bits per heavy atom. The second-order valence-electron chi connectivity index (χ2n) is 6.34. The summed E-state index contributed by atoms with van der Waals surface area (Å²) >= 11 is 0. The molecule has 3 rings (SSSR count). The quantitative estimate of drug-likeness (QED) is 0.917. The lowest BCUT2D eigenvalue weighted by atomic mass is 10.1. The van der Waals surface area contributed by atoms with Gasteiger partial charge >= 0.3 is 0 Å². The molecule has 0 bridgehead atoms. The van der Waals surface area contributed by atoms with E-state index >= 15 is 0 Å². The van der Waals surface area contributed by atoms with Gasteiger partial charge in [-0.2, -0.15) is 0 Å². The van der Waals surface area contributed by atoms with Crippen molar-refractivity contribution < 1.29 is 8.42 Å². The fraction of sp³-hybridized carbons (Fsp3) is 0.368. The van der Waals surface area contributed by atoms with Gasteiger partial charge in [-0.1, -0.05) is 48.9 Å². The largest absolute Gasteiger partial charge is 0.330 e. The Labute approximate surface area is 138 Å². The molecule has 23 heavy (non-hydrogen) atoms. The predicted molar refractivity (Wildman–Crippen MR) is 93.3 cm³/mol. The average molecular weight is 329 g/mol. The number of benzene rings is 2. The molecular formula is C19H23NO2S. The fourth-order valence-electron chi connectivity index (χ4n) is 3.34. The van der Waals surface area contributed by atoms with Crippen molar-refractivity contribution in [2.24, 2.45) is 11.7 Å². The van der Waals surface area contributed by atoms with Crippen LogP contribution in [0.25, 0.3) is 0 Å². The summed E-state index contributed by atoms with van der Waals surface area (Å²) in [5, 5.41) is -0.400. The lowest BCUT2D eigenvalue weighted by Crippen LogP contribution is -2.13. The van der Waals surface area contributed by atoms with Crippen LogP contribution < -0.4 is 5.73 Å². The Morgan fingerprint density at radius 3 is 2.13 bits per heavy atom. The lowest BCUT2D eigenvalue weighted by molar-refractivity contribution is 0.591. The molecule has 0 saturated heterocycles. The Morgan fingerprint density at radius 1 is 1.00 bits per heavy atom. The van der Waals surface area contributed by atoms with Crippen LogP contribution in [0.1, 0.15) is 29.5 Å². The summed E-state index contributed by atoms with van der Waals surface area (Å²) < 4.78 is 25.9. The summed E-state index contributed by atoms with van der Waals surface area (Å²) in [5.41, 5.74) is 9.24. The zero-order valence-corrected chi connectivity index (χ0v) is 14.4. The number of hydrogen-bond donors (Lipinski definition) is 1. The minimum atomic E-state index is -3.34. The van der Waals surface area contributed by atoms with E-state index in [1.54, 1.807) is 12.1 Å². The summed E-state index contributed by atoms with van der Waals surface area (Å²) in [4.78, 5) is 0.402. The monoisotopic (exact) mass is 329 g/mol. The van der Waals surface area contributed by atoms with Crippen LogP contribution >= 0.6 is 0 Å². The lowest BCUT2D eigenvalue weighted by Gasteiger charge is -2.05. The third-order valence-electron chi connectivity index (χ3n) is 4.85. The molecule has 0 aromatic heterocycles. The highest BCUT2D eigenvalue weighted by Gasteiger charge is 2.57. The molecule has 1 aliphatic carbocycles. The van der Waals surface area contributed by atoms with Crippen LogP contribution in [0.4, 0.5) is 0 Å². The third-order valence-corrected chi connectivity index (χ3v) is 7.14. The molecule has 0 amide bonds. The van der Waals surface area contributed by atoms with E-state index in [4.69, 9.17) is 5.73 Å². The molecule has 0 unspecified atom stereocenters. The van der Waals surface area contributed by atoms with Crippen molar-refractivity contribution in [1.82, 2.24) is 0 Å². The minimum Gasteiger partial charge on any atom is -0.330 e. The van der Waals surface area contributed by atoms with Crippen LogP contribution in [-0.2, 0) is 16.3 Å². The summed E-state index contributed by atoms with van der Waals surface area (Å²) in [6.07, 6.45) is 0.982. The van der Waals surface area contributed by atoms with Crippen molar-refractivity contribution in [2.75, 3.05) is 6.54 Å². The van der Waals surface area contributed by atoms with E-state index in [1.165, 1.54) is 5.56 Å². The predicted octanol–water partition coefficient (Wildman–Crippen LogP) is 3.07. The Balaban J connectivity index is 1.90. The van der Waals surface area contributed by atoms with E-state index in [2.05, 4.69) is 31.2 Å². The van der Waals surface area contributed by atoms with Gasteiger partial charge in [0.25, 0.3) is 0 Å². The van der Waals surface area contributed by atoms with Gasteiger partial charge in [-0.15, -0.1) is 0 Å². The van der Waals surface area contributed by atoms with E-state index < -0.39 is 15.1 Å². The normalized spacial score (nSPS) is 23.7. The van der Waals surface area contributed by atoms with E-state index in [0.717, 1.165) is 17.5 Å². The zero-order valence-electron chi connectivity index (χ0n) is 13.6. The molecule has 3 atom stereocenters. The van der Waals surface area contributed by atoms with Crippen LogP contribution in [0.15, 0.2) is 53.4 Å². The second kappa shape index (κ2) is 6.10.